The minimum atomic E-state index is -0.199. The molecule has 0 spiro atoms. The number of rotatable bonds is 6. The van der Waals surface area contributed by atoms with Gasteiger partial charge in [0.05, 0.1) is 13.7 Å². The molecule has 1 aromatic carbocycles. The van der Waals surface area contributed by atoms with Gasteiger partial charge in [-0.2, -0.15) is 0 Å². The van der Waals surface area contributed by atoms with Crippen molar-refractivity contribution in [2.45, 2.75) is 0 Å². The van der Waals surface area contributed by atoms with Crippen molar-refractivity contribution in [1.82, 2.24) is 0 Å². The molecule has 0 saturated carbocycles. The Kier molecular flexibility index (Phi) is 5.60. The number of methoxy groups -OCH3 is 1. The maximum Gasteiger partial charge on any atom is 0.266 e. The molecule has 2 rings (SSSR count). The second-order valence-electron chi connectivity index (χ2n) is 3.99. The molecule has 1 aromatic heterocycles. The Labute approximate surface area is 134 Å². The first kappa shape index (κ1) is 15.8. The highest BCUT2D eigenvalue weighted by atomic mass is 79.9. The van der Waals surface area contributed by atoms with Crippen LogP contribution in [0.25, 0.3) is 0 Å². The zero-order chi connectivity index (χ0) is 15.2. The molecule has 0 fully saturated rings. The minimum Gasteiger partial charge on any atom is -0.493 e. The van der Waals surface area contributed by atoms with E-state index in [0.29, 0.717) is 22.1 Å². The largest absolute Gasteiger partial charge is 0.493 e. The van der Waals surface area contributed by atoms with E-state index >= 15 is 0 Å². The molecular weight excluding hydrogens is 358 g/mol. The monoisotopic (exact) mass is 371 g/mol. The smallest absolute Gasteiger partial charge is 0.266 e. The number of anilines is 1. The van der Waals surface area contributed by atoms with Gasteiger partial charge in [0, 0.05) is 16.2 Å². The number of thiophene rings is 1. The van der Waals surface area contributed by atoms with Crippen LogP contribution in [0.3, 0.4) is 0 Å². The van der Waals surface area contributed by atoms with Gasteiger partial charge in [0.25, 0.3) is 5.91 Å². The van der Waals surface area contributed by atoms with Gasteiger partial charge >= 0.3 is 0 Å². The second-order valence-corrected chi connectivity index (χ2v) is 5.76. The lowest BCUT2D eigenvalue weighted by Crippen LogP contribution is -2.11. The lowest BCUT2D eigenvalue weighted by molar-refractivity contribution is 0.103. The zero-order valence-corrected chi connectivity index (χ0v) is 13.7. The topological polar surface area (TPSA) is 67.8 Å². The minimum absolute atomic E-state index is 0.0954. The number of nitrogens with one attached hydrogen (secondary N) is 1. The van der Waals surface area contributed by atoms with Crippen molar-refractivity contribution in [3.05, 3.63) is 39.0 Å². The van der Waals surface area contributed by atoms with Crippen molar-refractivity contribution < 1.29 is 19.4 Å². The Bertz CT molecular complexity index is 629. The predicted octanol–water partition coefficient (Wildman–Crippen LogP) is 3.14. The van der Waals surface area contributed by atoms with Gasteiger partial charge in [-0.05, 0) is 39.5 Å². The first-order valence-electron chi connectivity index (χ1n) is 6.11. The fourth-order valence-corrected chi connectivity index (χ4v) is 3.11. The van der Waals surface area contributed by atoms with Crippen LogP contribution in [0, 0.1) is 0 Å². The second kappa shape index (κ2) is 7.44. The number of aliphatic hydroxyl groups is 1. The van der Waals surface area contributed by atoms with Crippen molar-refractivity contribution in [2.75, 3.05) is 25.6 Å². The Morgan fingerprint density at radius 1 is 1.38 bits per heavy atom. The predicted molar refractivity (Wildman–Crippen MR) is 85.5 cm³/mol. The number of carbonyl (C=O) groups excluding carboxylic acids is 1. The molecule has 21 heavy (non-hydrogen) atoms. The van der Waals surface area contributed by atoms with Crippen LogP contribution in [0.2, 0.25) is 0 Å². The van der Waals surface area contributed by atoms with Crippen molar-refractivity contribution in [3.63, 3.8) is 0 Å². The number of hydrogen-bond acceptors (Lipinski definition) is 5. The average Bonchev–Trinajstić information content (AvgIpc) is 2.91. The summed E-state index contributed by atoms with van der Waals surface area (Å²) in [6.07, 6.45) is 0. The lowest BCUT2D eigenvalue weighted by Gasteiger charge is -2.12. The van der Waals surface area contributed by atoms with Crippen LogP contribution < -0.4 is 14.8 Å². The van der Waals surface area contributed by atoms with Crippen molar-refractivity contribution in [1.29, 1.82) is 0 Å². The van der Waals surface area contributed by atoms with Gasteiger partial charge in [-0.1, -0.05) is 0 Å². The molecule has 2 N–H and O–H groups in total. The summed E-state index contributed by atoms with van der Waals surface area (Å²) in [4.78, 5) is 12.7. The molecule has 0 aliphatic heterocycles. The van der Waals surface area contributed by atoms with Crippen molar-refractivity contribution >= 4 is 38.9 Å². The van der Waals surface area contributed by atoms with Crippen LogP contribution in [0.5, 0.6) is 11.5 Å². The maximum atomic E-state index is 12.1. The number of hydrogen-bond donors (Lipinski definition) is 2. The van der Waals surface area contributed by atoms with E-state index in [-0.39, 0.29) is 19.1 Å². The highest BCUT2D eigenvalue weighted by Gasteiger charge is 2.13. The Balaban J connectivity index is 2.16. The summed E-state index contributed by atoms with van der Waals surface area (Å²) in [5.41, 5.74) is 0.592. The fourth-order valence-electron chi connectivity index (χ4n) is 1.67. The van der Waals surface area contributed by atoms with Gasteiger partial charge in [0.15, 0.2) is 11.5 Å². The van der Waals surface area contributed by atoms with E-state index in [4.69, 9.17) is 14.6 Å². The quantitative estimate of drug-likeness (QED) is 0.818. The number of ether oxygens (including phenoxy) is 2. The first-order chi connectivity index (χ1) is 10.2. The summed E-state index contributed by atoms with van der Waals surface area (Å²) >= 11 is 4.68. The molecule has 0 aliphatic rings. The average molecular weight is 372 g/mol. The van der Waals surface area contributed by atoms with Gasteiger partial charge < -0.3 is 19.9 Å². The lowest BCUT2D eigenvalue weighted by atomic mass is 10.2. The molecule has 2 aromatic rings. The summed E-state index contributed by atoms with van der Waals surface area (Å²) in [5, 5.41) is 13.5. The number of aliphatic hydroxyl groups excluding tert-OH is 1. The van der Waals surface area contributed by atoms with E-state index in [2.05, 4.69) is 21.2 Å². The van der Waals surface area contributed by atoms with Crippen LogP contribution in [0.15, 0.2) is 34.1 Å². The molecule has 0 unspecified atom stereocenters. The zero-order valence-electron chi connectivity index (χ0n) is 11.3. The Hall–Kier alpha value is -1.57. The van der Waals surface area contributed by atoms with Crippen molar-refractivity contribution in [2.24, 2.45) is 0 Å². The van der Waals surface area contributed by atoms with Gasteiger partial charge in [0.1, 0.15) is 11.5 Å². The number of benzene rings is 1. The number of carbonyl (C=O) groups is 1. The Morgan fingerprint density at radius 2 is 2.19 bits per heavy atom. The third kappa shape index (κ3) is 3.96. The fraction of sp³-hybridized carbons (Fsp3) is 0.214. The van der Waals surface area contributed by atoms with Gasteiger partial charge in [0.2, 0.25) is 0 Å². The molecule has 1 heterocycles. The van der Waals surface area contributed by atoms with Gasteiger partial charge in [-0.3, -0.25) is 4.79 Å². The standard InChI is InChI=1S/C14H14BrNO4S/c1-19-11-3-2-9(8-12(11)20-6-5-17)16-14(18)13-10(15)4-7-21-13/h2-4,7-8,17H,5-6H2,1H3,(H,16,18). The Morgan fingerprint density at radius 3 is 2.81 bits per heavy atom. The van der Waals surface area contributed by atoms with Gasteiger partial charge in [-0.15, -0.1) is 11.3 Å². The summed E-state index contributed by atoms with van der Waals surface area (Å²) < 4.78 is 11.3. The van der Waals surface area contributed by atoms with Crippen LogP contribution in [-0.4, -0.2) is 31.3 Å². The summed E-state index contributed by atoms with van der Waals surface area (Å²) in [6.45, 7) is 0.0616. The van der Waals surface area contributed by atoms with E-state index in [1.165, 1.54) is 18.4 Å². The van der Waals surface area contributed by atoms with E-state index in [9.17, 15) is 4.79 Å². The van der Waals surface area contributed by atoms with Crippen molar-refractivity contribution in [3.8, 4) is 11.5 Å². The van der Waals surface area contributed by atoms with Crippen LogP contribution in [-0.2, 0) is 0 Å². The highest BCUT2D eigenvalue weighted by molar-refractivity contribution is 9.10. The molecule has 0 atom stereocenters. The van der Waals surface area contributed by atoms with E-state index < -0.39 is 0 Å². The molecule has 0 saturated heterocycles. The maximum absolute atomic E-state index is 12.1. The molecule has 112 valence electrons. The summed E-state index contributed by atoms with van der Waals surface area (Å²) in [6, 6.07) is 6.91. The molecule has 0 bridgehead atoms. The molecule has 1 amide bonds. The SMILES string of the molecule is COc1ccc(NC(=O)c2sccc2Br)cc1OCCO. The third-order valence-electron chi connectivity index (χ3n) is 2.59. The molecule has 7 heteroatoms. The van der Waals surface area contributed by atoms with E-state index in [1.807, 2.05) is 11.4 Å². The summed E-state index contributed by atoms with van der Waals surface area (Å²) in [7, 11) is 1.53. The number of halogens is 1. The molecule has 5 nitrogen and oxygen atoms in total. The normalized spacial score (nSPS) is 10.2. The van der Waals surface area contributed by atoms with Crippen LogP contribution >= 0.6 is 27.3 Å². The molecule has 0 radical (unpaired) electrons. The third-order valence-corrected chi connectivity index (χ3v) is 4.43. The summed E-state index contributed by atoms with van der Waals surface area (Å²) in [5.74, 6) is 0.809. The van der Waals surface area contributed by atoms with Crippen LogP contribution in [0.1, 0.15) is 9.67 Å². The van der Waals surface area contributed by atoms with E-state index in [1.54, 1.807) is 18.2 Å². The van der Waals surface area contributed by atoms with Crippen LogP contribution in [0.4, 0.5) is 5.69 Å². The van der Waals surface area contributed by atoms with E-state index in [0.717, 1.165) is 4.47 Å². The first-order valence-corrected chi connectivity index (χ1v) is 7.79. The highest BCUT2D eigenvalue weighted by Crippen LogP contribution is 2.31. The molecular formula is C14H14BrNO4S. The number of amides is 1. The molecule has 0 aliphatic carbocycles. The van der Waals surface area contributed by atoms with Gasteiger partial charge in [-0.25, -0.2) is 0 Å².